The van der Waals surface area contributed by atoms with Crippen LogP contribution in [0, 0.1) is 5.82 Å². The lowest BCUT2D eigenvalue weighted by molar-refractivity contribution is -0.122. The predicted octanol–water partition coefficient (Wildman–Crippen LogP) is 4.54. The van der Waals surface area contributed by atoms with Crippen LogP contribution in [0.3, 0.4) is 0 Å². The normalized spacial score (nSPS) is 13.6. The van der Waals surface area contributed by atoms with Gasteiger partial charge < -0.3 is 20.3 Å². The standard InChI is InChI=1S/C27H37FN2O4/c1-16(2)26-22(12-11-20(31)13-21(32)14-24(33)29-5)25(18-7-9-19(28)10-8-18)23(15-34-6)27(30-26)17(3)4/h7-12,16-17,20-21,31-32H,13-15H2,1-6H3,(H,29,33)/b12-11+/t20-,21-/m1/s1. The summed E-state index contributed by atoms with van der Waals surface area (Å²) in [6.07, 6.45) is 1.43. The quantitative estimate of drug-likeness (QED) is 0.447. The zero-order valence-corrected chi connectivity index (χ0v) is 20.9. The molecule has 3 N–H and O–H groups in total. The summed E-state index contributed by atoms with van der Waals surface area (Å²) in [5, 5.41) is 23.1. The Morgan fingerprint density at radius 1 is 1.12 bits per heavy atom. The summed E-state index contributed by atoms with van der Waals surface area (Å²) in [7, 11) is 3.13. The van der Waals surface area contributed by atoms with E-state index >= 15 is 0 Å². The molecular weight excluding hydrogens is 435 g/mol. The van der Waals surface area contributed by atoms with Gasteiger partial charge in [0.2, 0.25) is 5.91 Å². The van der Waals surface area contributed by atoms with Gasteiger partial charge in [-0.25, -0.2) is 4.39 Å². The van der Waals surface area contributed by atoms with Crippen LogP contribution in [0.5, 0.6) is 0 Å². The molecule has 0 unspecified atom stereocenters. The Bertz CT molecular complexity index is 987. The highest BCUT2D eigenvalue weighted by Crippen LogP contribution is 2.37. The number of aromatic nitrogens is 1. The maximum absolute atomic E-state index is 13.7. The first-order chi connectivity index (χ1) is 16.1. The van der Waals surface area contributed by atoms with Gasteiger partial charge in [0.25, 0.3) is 0 Å². The summed E-state index contributed by atoms with van der Waals surface area (Å²) in [4.78, 5) is 16.5. The fourth-order valence-corrected chi connectivity index (χ4v) is 3.96. The number of nitrogens with one attached hydrogen (secondary N) is 1. The molecule has 34 heavy (non-hydrogen) atoms. The molecule has 1 aromatic carbocycles. The second-order valence-electron chi connectivity index (χ2n) is 9.09. The fourth-order valence-electron chi connectivity index (χ4n) is 3.96. The largest absolute Gasteiger partial charge is 0.392 e. The Morgan fingerprint density at radius 3 is 2.26 bits per heavy atom. The highest BCUT2D eigenvalue weighted by atomic mass is 19.1. The minimum absolute atomic E-state index is 0.0231. The predicted molar refractivity (Wildman–Crippen MR) is 133 cm³/mol. The number of methoxy groups -OCH3 is 1. The second-order valence-corrected chi connectivity index (χ2v) is 9.09. The molecule has 0 saturated heterocycles. The number of aliphatic hydroxyl groups is 2. The Labute approximate surface area is 201 Å². The highest BCUT2D eigenvalue weighted by Gasteiger charge is 2.23. The summed E-state index contributed by atoms with van der Waals surface area (Å²) in [6, 6.07) is 6.32. The first-order valence-electron chi connectivity index (χ1n) is 11.6. The molecular formula is C27H37FN2O4. The van der Waals surface area contributed by atoms with Crippen LogP contribution in [0.25, 0.3) is 17.2 Å². The third-order valence-electron chi connectivity index (χ3n) is 5.61. The number of hydrogen-bond donors (Lipinski definition) is 3. The number of rotatable bonds is 11. The van der Waals surface area contributed by atoms with E-state index < -0.39 is 12.2 Å². The van der Waals surface area contributed by atoms with Crippen LogP contribution >= 0.6 is 0 Å². The van der Waals surface area contributed by atoms with E-state index in [1.807, 2.05) is 6.08 Å². The summed E-state index contributed by atoms with van der Waals surface area (Å²) < 4.78 is 19.2. The number of carbonyl (C=O) groups excluding carboxylic acids is 1. The van der Waals surface area contributed by atoms with Crippen LogP contribution in [0.4, 0.5) is 4.39 Å². The van der Waals surface area contributed by atoms with E-state index in [1.165, 1.54) is 19.2 Å². The Balaban J connectivity index is 2.64. The molecule has 0 radical (unpaired) electrons. The maximum atomic E-state index is 13.7. The van der Waals surface area contributed by atoms with Crippen LogP contribution in [0.1, 0.15) is 74.9 Å². The molecule has 0 bridgehead atoms. The van der Waals surface area contributed by atoms with E-state index in [4.69, 9.17) is 9.72 Å². The molecule has 0 spiro atoms. The third-order valence-corrected chi connectivity index (χ3v) is 5.61. The molecule has 0 saturated carbocycles. The lowest BCUT2D eigenvalue weighted by atomic mass is 9.87. The van der Waals surface area contributed by atoms with E-state index in [1.54, 1.807) is 25.3 Å². The van der Waals surface area contributed by atoms with E-state index in [-0.39, 0.29) is 36.4 Å². The van der Waals surface area contributed by atoms with Crippen molar-refractivity contribution in [3.05, 3.63) is 58.7 Å². The Kier molecular flexibility index (Phi) is 10.4. The summed E-state index contributed by atoms with van der Waals surface area (Å²) >= 11 is 0. The lowest BCUT2D eigenvalue weighted by Gasteiger charge is -2.23. The number of halogens is 1. The maximum Gasteiger partial charge on any atom is 0.222 e. The van der Waals surface area contributed by atoms with Crippen molar-refractivity contribution in [2.24, 2.45) is 0 Å². The number of aliphatic hydroxyl groups excluding tert-OH is 2. The number of ether oxygens (including phenoxy) is 1. The average Bonchev–Trinajstić information content (AvgIpc) is 2.77. The van der Waals surface area contributed by atoms with Crippen LogP contribution < -0.4 is 5.32 Å². The minimum atomic E-state index is -0.966. The smallest absolute Gasteiger partial charge is 0.222 e. The molecule has 1 heterocycles. The zero-order chi connectivity index (χ0) is 25.4. The van der Waals surface area contributed by atoms with Crippen molar-refractivity contribution in [2.75, 3.05) is 14.2 Å². The van der Waals surface area contributed by atoms with Gasteiger partial charge in [-0.3, -0.25) is 9.78 Å². The molecule has 2 atom stereocenters. The third kappa shape index (κ3) is 7.19. The second kappa shape index (κ2) is 12.7. The molecule has 7 heteroatoms. The monoisotopic (exact) mass is 472 g/mol. The van der Waals surface area contributed by atoms with E-state index in [2.05, 4.69) is 33.0 Å². The Hall–Kier alpha value is -2.61. The molecule has 6 nitrogen and oxygen atoms in total. The van der Waals surface area contributed by atoms with E-state index in [9.17, 15) is 19.4 Å². The van der Waals surface area contributed by atoms with Crippen molar-refractivity contribution in [2.45, 2.75) is 71.2 Å². The molecule has 2 rings (SSSR count). The van der Waals surface area contributed by atoms with Crippen molar-refractivity contribution in [1.29, 1.82) is 0 Å². The lowest BCUT2D eigenvalue weighted by Crippen LogP contribution is -2.26. The molecule has 0 aliphatic carbocycles. The van der Waals surface area contributed by atoms with Gasteiger partial charge in [0.1, 0.15) is 5.82 Å². The highest BCUT2D eigenvalue weighted by molar-refractivity contribution is 5.80. The number of amides is 1. The van der Waals surface area contributed by atoms with E-state index in [0.29, 0.717) is 6.61 Å². The summed E-state index contributed by atoms with van der Waals surface area (Å²) in [6.45, 7) is 8.59. The summed E-state index contributed by atoms with van der Waals surface area (Å²) in [5.41, 5.74) is 5.23. The van der Waals surface area contributed by atoms with Crippen molar-refractivity contribution in [1.82, 2.24) is 10.3 Å². The molecule has 0 aliphatic rings. The minimum Gasteiger partial charge on any atom is -0.392 e. The van der Waals surface area contributed by atoms with E-state index in [0.717, 1.165) is 33.6 Å². The number of nitrogens with zero attached hydrogens (tertiary/aromatic N) is 1. The fraction of sp³-hybridized carbons (Fsp3) is 0.481. The van der Waals surface area contributed by atoms with Gasteiger partial charge >= 0.3 is 0 Å². The van der Waals surface area contributed by atoms with Gasteiger partial charge in [-0.1, -0.05) is 52.0 Å². The first kappa shape index (κ1) is 27.6. The zero-order valence-electron chi connectivity index (χ0n) is 20.9. The van der Waals surface area contributed by atoms with Crippen molar-refractivity contribution >= 4 is 12.0 Å². The number of pyridine rings is 1. The van der Waals surface area contributed by atoms with Crippen LogP contribution in [0.2, 0.25) is 0 Å². The number of hydrogen-bond acceptors (Lipinski definition) is 5. The molecule has 0 aliphatic heterocycles. The number of benzene rings is 1. The van der Waals surface area contributed by atoms with Crippen LogP contribution in [-0.2, 0) is 16.1 Å². The molecule has 186 valence electrons. The topological polar surface area (TPSA) is 91.7 Å². The van der Waals surface area contributed by atoms with Gasteiger partial charge in [0, 0.05) is 37.4 Å². The van der Waals surface area contributed by atoms with Crippen LogP contribution in [-0.4, -0.2) is 47.5 Å². The van der Waals surface area contributed by atoms with Crippen molar-refractivity contribution in [3.63, 3.8) is 0 Å². The Morgan fingerprint density at radius 2 is 1.74 bits per heavy atom. The van der Waals surface area contributed by atoms with Crippen molar-refractivity contribution < 1.29 is 24.1 Å². The number of carbonyl (C=O) groups is 1. The van der Waals surface area contributed by atoms with Gasteiger partial charge in [0.05, 0.1) is 30.9 Å². The molecule has 0 fully saturated rings. The molecule has 1 amide bonds. The van der Waals surface area contributed by atoms with Crippen LogP contribution in [0.15, 0.2) is 30.3 Å². The summed E-state index contributed by atoms with van der Waals surface area (Å²) in [5.74, 6) is -0.381. The molecule has 2 aromatic rings. The van der Waals surface area contributed by atoms with Gasteiger partial charge in [-0.15, -0.1) is 0 Å². The van der Waals surface area contributed by atoms with Gasteiger partial charge in [-0.05, 0) is 35.1 Å². The SMILES string of the molecule is CNC(=O)C[C@H](O)C[C@H](O)/C=C/c1c(C(C)C)nc(C(C)C)c(COC)c1-c1ccc(F)cc1. The van der Waals surface area contributed by atoms with Crippen molar-refractivity contribution in [3.8, 4) is 11.1 Å². The average molecular weight is 473 g/mol. The molecule has 1 aromatic heterocycles. The first-order valence-corrected chi connectivity index (χ1v) is 11.6. The van der Waals surface area contributed by atoms with Gasteiger partial charge in [-0.2, -0.15) is 0 Å². The van der Waals surface area contributed by atoms with Gasteiger partial charge in [0.15, 0.2) is 0 Å².